The van der Waals surface area contributed by atoms with Crippen LogP contribution in [0.25, 0.3) is 87.1 Å². The molecule has 0 atom stereocenters. The second-order valence-corrected chi connectivity index (χ2v) is 14.8. The van der Waals surface area contributed by atoms with E-state index in [0.29, 0.717) is 0 Å². The van der Waals surface area contributed by atoms with Gasteiger partial charge < -0.3 is 0 Å². The van der Waals surface area contributed by atoms with Crippen LogP contribution in [-0.4, -0.2) is 9.97 Å². The number of thiophene rings is 1. The summed E-state index contributed by atoms with van der Waals surface area (Å²) in [7, 11) is 0. The molecule has 0 amide bonds. The lowest BCUT2D eigenvalue weighted by molar-refractivity contribution is 0.662. The highest BCUT2D eigenvalue weighted by Crippen LogP contribution is 2.53. The topological polar surface area (TPSA) is 25.8 Å². The molecule has 1 aliphatic rings. The van der Waals surface area contributed by atoms with Crippen molar-refractivity contribution in [3.05, 3.63) is 169 Å². The van der Waals surface area contributed by atoms with Crippen LogP contribution in [0.15, 0.2) is 158 Å². The van der Waals surface area contributed by atoms with Crippen LogP contribution in [0.4, 0.5) is 0 Å². The minimum absolute atomic E-state index is 0.113. The molecule has 3 heteroatoms. The summed E-state index contributed by atoms with van der Waals surface area (Å²) in [6.07, 6.45) is 0. The fraction of sp³-hybridized carbons (Fsp3) is 0.0638. The van der Waals surface area contributed by atoms with Gasteiger partial charge in [0.1, 0.15) is 0 Å². The van der Waals surface area contributed by atoms with Crippen molar-refractivity contribution in [1.29, 1.82) is 0 Å². The molecule has 50 heavy (non-hydrogen) atoms. The molecule has 236 valence electrons. The van der Waals surface area contributed by atoms with E-state index in [2.05, 4.69) is 172 Å². The Morgan fingerprint density at radius 2 is 1.02 bits per heavy atom. The zero-order chi connectivity index (χ0) is 33.4. The highest BCUT2D eigenvalue weighted by molar-refractivity contribution is 7.26. The Morgan fingerprint density at radius 1 is 0.440 bits per heavy atom. The van der Waals surface area contributed by atoms with Crippen molar-refractivity contribution in [2.75, 3.05) is 0 Å². The Morgan fingerprint density at radius 3 is 1.86 bits per heavy atom. The summed E-state index contributed by atoms with van der Waals surface area (Å²) in [6.45, 7) is 4.72. The minimum atomic E-state index is -0.113. The van der Waals surface area contributed by atoms with Gasteiger partial charge in [0.2, 0.25) is 0 Å². The van der Waals surface area contributed by atoms with E-state index >= 15 is 0 Å². The lowest BCUT2D eigenvalue weighted by atomic mass is 9.78. The van der Waals surface area contributed by atoms with E-state index in [4.69, 9.17) is 9.97 Å². The summed E-state index contributed by atoms with van der Waals surface area (Å²) in [4.78, 5) is 10.7. The molecule has 0 N–H and O–H groups in total. The molecule has 2 nitrogen and oxygen atoms in total. The van der Waals surface area contributed by atoms with Gasteiger partial charge in [0, 0.05) is 42.3 Å². The number of benzene rings is 7. The molecular formula is C47H32N2S. The van der Waals surface area contributed by atoms with Gasteiger partial charge in [-0.3, -0.25) is 0 Å². The van der Waals surface area contributed by atoms with Crippen LogP contribution < -0.4 is 0 Å². The maximum Gasteiger partial charge on any atom is 0.161 e. The van der Waals surface area contributed by atoms with Gasteiger partial charge in [-0.15, -0.1) is 11.3 Å². The Labute approximate surface area is 295 Å². The molecule has 0 saturated carbocycles. The van der Waals surface area contributed by atoms with Crippen LogP contribution in [0.5, 0.6) is 0 Å². The molecule has 1 aliphatic carbocycles. The van der Waals surface area contributed by atoms with Gasteiger partial charge in [0.05, 0.1) is 11.4 Å². The second kappa shape index (κ2) is 11.1. The maximum atomic E-state index is 5.38. The highest BCUT2D eigenvalue weighted by atomic mass is 32.1. The van der Waals surface area contributed by atoms with Gasteiger partial charge >= 0.3 is 0 Å². The lowest BCUT2D eigenvalue weighted by Gasteiger charge is -2.25. The molecule has 2 aromatic heterocycles. The Balaban J connectivity index is 1.20. The molecule has 9 aromatic rings. The van der Waals surface area contributed by atoms with Crippen LogP contribution in [0, 0.1) is 0 Å². The van der Waals surface area contributed by atoms with Gasteiger partial charge in [-0.05, 0) is 62.4 Å². The summed E-state index contributed by atoms with van der Waals surface area (Å²) < 4.78 is 2.53. The third kappa shape index (κ3) is 4.33. The van der Waals surface area contributed by atoms with Crippen molar-refractivity contribution >= 4 is 42.3 Å². The number of nitrogens with zero attached hydrogens (tertiary/aromatic N) is 2. The summed E-state index contributed by atoms with van der Waals surface area (Å²) in [5, 5.41) is 4.89. The number of hydrogen-bond acceptors (Lipinski definition) is 3. The Bertz CT molecular complexity index is 2790. The predicted octanol–water partition coefficient (Wildman–Crippen LogP) is 13.0. The second-order valence-electron chi connectivity index (χ2n) is 13.7. The molecule has 0 bridgehead atoms. The van der Waals surface area contributed by atoms with Crippen molar-refractivity contribution in [2.24, 2.45) is 0 Å². The summed E-state index contributed by atoms with van der Waals surface area (Å²) in [5.74, 6) is 0.730. The first-order valence-corrected chi connectivity index (χ1v) is 18.0. The number of aromatic nitrogens is 2. The first kappa shape index (κ1) is 29.1. The molecule has 0 spiro atoms. The first-order chi connectivity index (χ1) is 24.6. The largest absolute Gasteiger partial charge is 0.228 e. The van der Waals surface area contributed by atoms with E-state index in [1.807, 2.05) is 11.3 Å². The van der Waals surface area contributed by atoms with E-state index in [-0.39, 0.29) is 5.41 Å². The summed E-state index contributed by atoms with van der Waals surface area (Å²) in [6, 6.07) is 56.8. The molecular weight excluding hydrogens is 625 g/mol. The molecule has 0 saturated heterocycles. The SMILES string of the molecule is CC1(C)c2ccccc2-c2cccc(-c3ccc(-c4nc(-c5ccccc5)cc(-c5cccc6c5sc5ccccc56)n4)c4ccccc34)c21. The third-order valence-electron chi connectivity index (χ3n) is 10.5. The van der Waals surface area contributed by atoms with E-state index in [1.165, 1.54) is 58.9 Å². The molecule has 0 fully saturated rings. The van der Waals surface area contributed by atoms with E-state index in [1.54, 1.807) is 0 Å². The number of rotatable bonds is 4. The van der Waals surface area contributed by atoms with Crippen molar-refractivity contribution in [3.63, 3.8) is 0 Å². The number of fused-ring (bicyclic) bond motifs is 7. The molecule has 10 rings (SSSR count). The zero-order valence-corrected chi connectivity index (χ0v) is 28.6. The van der Waals surface area contributed by atoms with Gasteiger partial charge in [-0.2, -0.15) is 0 Å². The first-order valence-electron chi connectivity index (χ1n) is 17.2. The Hall–Kier alpha value is -5.90. The fourth-order valence-electron chi connectivity index (χ4n) is 8.21. The Kier molecular flexibility index (Phi) is 6.43. The van der Waals surface area contributed by atoms with Crippen LogP contribution in [0.3, 0.4) is 0 Å². The zero-order valence-electron chi connectivity index (χ0n) is 27.8. The van der Waals surface area contributed by atoms with Crippen molar-refractivity contribution < 1.29 is 0 Å². The smallest absolute Gasteiger partial charge is 0.161 e. The van der Waals surface area contributed by atoms with Crippen molar-refractivity contribution in [2.45, 2.75) is 19.3 Å². The standard InChI is InChI=1S/C47H32N2S/c1-47(2)40-24-10-8-18-33(40)36-21-12-20-35(44(36)47)32-26-27-38(31-17-7-6-16-30(31)32)46-48-41(29-14-4-3-5-15-29)28-42(49-46)39-23-13-22-37-34-19-9-11-25-43(34)50-45(37)39/h3-28H,1-2H3. The van der Waals surface area contributed by atoms with Gasteiger partial charge in [-0.25, -0.2) is 9.97 Å². The van der Waals surface area contributed by atoms with E-state index in [0.717, 1.165) is 39.3 Å². The molecule has 0 radical (unpaired) electrons. The van der Waals surface area contributed by atoms with Crippen LogP contribution in [-0.2, 0) is 5.41 Å². The quantitative estimate of drug-likeness (QED) is 0.188. The van der Waals surface area contributed by atoms with Gasteiger partial charge in [-0.1, -0.05) is 153 Å². The van der Waals surface area contributed by atoms with Crippen LogP contribution in [0.1, 0.15) is 25.0 Å². The third-order valence-corrected chi connectivity index (χ3v) is 11.7. The maximum absolute atomic E-state index is 5.38. The van der Waals surface area contributed by atoms with Crippen molar-refractivity contribution in [1.82, 2.24) is 9.97 Å². The lowest BCUT2D eigenvalue weighted by Crippen LogP contribution is -2.16. The molecule has 0 aliphatic heterocycles. The minimum Gasteiger partial charge on any atom is -0.228 e. The average molecular weight is 657 g/mol. The number of hydrogen-bond donors (Lipinski definition) is 0. The van der Waals surface area contributed by atoms with E-state index < -0.39 is 0 Å². The van der Waals surface area contributed by atoms with Crippen molar-refractivity contribution in [3.8, 4) is 56.2 Å². The molecule has 0 unspecified atom stereocenters. The summed E-state index contributed by atoms with van der Waals surface area (Å²) in [5.41, 5.74) is 12.9. The van der Waals surface area contributed by atoms with Crippen LogP contribution in [0.2, 0.25) is 0 Å². The molecule has 7 aromatic carbocycles. The van der Waals surface area contributed by atoms with Crippen LogP contribution >= 0.6 is 11.3 Å². The normalized spacial score (nSPS) is 13.2. The average Bonchev–Trinajstić information content (AvgIpc) is 3.67. The van der Waals surface area contributed by atoms with Gasteiger partial charge in [0.25, 0.3) is 0 Å². The fourth-order valence-corrected chi connectivity index (χ4v) is 9.44. The van der Waals surface area contributed by atoms with E-state index in [9.17, 15) is 0 Å². The van der Waals surface area contributed by atoms with Gasteiger partial charge in [0.15, 0.2) is 5.82 Å². The monoisotopic (exact) mass is 656 g/mol. The predicted molar refractivity (Wildman–Crippen MR) is 212 cm³/mol. The summed E-state index contributed by atoms with van der Waals surface area (Å²) >= 11 is 1.83. The molecule has 2 heterocycles. The highest BCUT2D eigenvalue weighted by Gasteiger charge is 2.37.